The minimum atomic E-state index is 0.456. The molecule has 0 atom stereocenters. The van der Waals surface area contributed by atoms with Gasteiger partial charge in [0.1, 0.15) is 22.4 Å². The van der Waals surface area contributed by atoms with Gasteiger partial charge in [-0.25, -0.2) is 15.0 Å². The normalized spacial score (nSPS) is 10.9. The van der Waals surface area contributed by atoms with E-state index >= 15 is 0 Å². The number of anilines is 1. The molecule has 0 aliphatic heterocycles. The first kappa shape index (κ1) is 12.7. The van der Waals surface area contributed by atoms with Crippen molar-refractivity contribution in [3.63, 3.8) is 0 Å². The molecule has 3 rings (SSSR count). The molecule has 6 nitrogen and oxygen atoms in total. The van der Waals surface area contributed by atoms with Crippen LogP contribution in [0.1, 0.15) is 5.82 Å². The number of hydrogen-bond donors (Lipinski definition) is 2. The van der Waals surface area contributed by atoms with Gasteiger partial charge in [0.2, 0.25) is 0 Å². The van der Waals surface area contributed by atoms with Crippen LogP contribution in [0.15, 0.2) is 34.4 Å². The van der Waals surface area contributed by atoms with Crippen LogP contribution in [0.2, 0.25) is 0 Å². The number of hydrogen-bond acceptors (Lipinski definition) is 6. The Balaban J connectivity index is 1.94. The molecule has 7 heteroatoms. The van der Waals surface area contributed by atoms with Gasteiger partial charge in [0.15, 0.2) is 5.16 Å². The summed E-state index contributed by atoms with van der Waals surface area (Å²) >= 11 is 1.42. The number of aryl methyl sites for hydroxylation is 1. The number of rotatable bonds is 3. The van der Waals surface area contributed by atoms with Crippen molar-refractivity contribution in [2.45, 2.75) is 17.1 Å². The van der Waals surface area contributed by atoms with Gasteiger partial charge in [-0.05, 0) is 30.8 Å². The number of nitrogen functional groups attached to an aromatic ring is 1. The number of nitrogens with one attached hydrogen (secondary N) is 1. The van der Waals surface area contributed by atoms with Crippen molar-refractivity contribution < 1.29 is 4.74 Å². The van der Waals surface area contributed by atoms with E-state index in [2.05, 4.69) is 19.9 Å². The van der Waals surface area contributed by atoms with Crippen molar-refractivity contribution in [2.75, 3.05) is 12.8 Å². The van der Waals surface area contributed by atoms with Crippen LogP contribution in [-0.4, -0.2) is 27.0 Å². The van der Waals surface area contributed by atoms with Crippen molar-refractivity contribution in [3.05, 3.63) is 30.1 Å². The number of fused-ring (bicyclic) bond motifs is 1. The third-order valence-corrected chi connectivity index (χ3v) is 3.51. The van der Waals surface area contributed by atoms with Crippen LogP contribution in [0.4, 0.5) is 5.82 Å². The maximum atomic E-state index is 5.71. The van der Waals surface area contributed by atoms with Crippen LogP contribution in [0.5, 0.6) is 5.75 Å². The van der Waals surface area contributed by atoms with Crippen molar-refractivity contribution in [3.8, 4) is 5.75 Å². The molecular weight excluding hydrogens is 274 g/mol. The quantitative estimate of drug-likeness (QED) is 0.719. The summed E-state index contributed by atoms with van der Waals surface area (Å²) in [6.07, 6.45) is 0. The summed E-state index contributed by atoms with van der Waals surface area (Å²) in [6.45, 7) is 1.81. The van der Waals surface area contributed by atoms with E-state index in [1.54, 1.807) is 13.2 Å². The summed E-state index contributed by atoms with van der Waals surface area (Å²) in [5.74, 6) is 1.89. The lowest BCUT2D eigenvalue weighted by Gasteiger charge is -2.00. The molecule has 3 N–H and O–H groups in total. The van der Waals surface area contributed by atoms with Crippen molar-refractivity contribution in [1.82, 2.24) is 19.9 Å². The van der Waals surface area contributed by atoms with E-state index in [1.165, 1.54) is 11.8 Å². The number of nitrogens with zero attached hydrogens (tertiary/aromatic N) is 3. The van der Waals surface area contributed by atoms with Crippen LogP contribution in [0.3, 0.4) is 0 Å². The van der Waals surface area contributed by atoms with E-state index in [4.69, 9.17) is 10.5 Å². The Morgan fingerprint density at radius 2 is 2.05 bits per heavy atom. The van der Waals surface area contributed by atoms with Gasteiger partial charge in [-0.2, -0.15) is 0 Å². The summed E-state index contributed by atoms with van der Waals surface area (Å²) in [7, 11) is 1.64. The van der Waals surface area contributed by atoms with Gasteiger partial charge >= 0.3 is 0 Å². The summed E-state index contributed by atoms with van der Waals surface area (Å²) in [6, 6.07) is 7.43. The van der Waals surface area contributed by atoms with E-state index in [1.807, 2.05) is 25.1 Å². The number of nitrogens with two attached hydrogens (primary N) is 1. The Hall–Kier alpha value is -2.28. The molecule has 0 saturated carbocycles. The second-order valence-electron chi connectivity index (χ2n) is 4.21. The van der Waals surface area contributed by atoms with Crippen LogP contribution in [0, 0.1) is 6.92 Å². The highest BCUT2D eigenvalue weighted by Crippen LogP contribution is 2.28. The largest absolute Gasteiger partial charge is 0.497 e. The smallest absolute Gasteiger partial charge is 0.172 e. The number of methoxy groups -OCH3 is 1. The zero-order chi connectivity index (χ0) is 14.1. The van der Waals surface area contributed by atoms with Gasteiger partial charge in [0.05, 0.1) is 18.1 Å². The predicted octanol–water partition coefficient (Wildman–Crippen LogP) is 2.40. The highest BCUT2D eigenvalue weighted by atomic mass is 32.2. The molecule has 0 aliphatic carbocycles. The summed E-state index contributed by atoms with van der Waals surface area (Å²) < 4.78 is 5.19. The van der Waals surface area contributed by atoms with Gasteiger partial charge in [0, 0.05) is 12.1 Å². The first-order valence-corrected chi connectivity index (χ1v) is 6.78. The number of ether oxygens (including phenoxy) is 1. The number of benzene rings is 1. The molecular formula is C13H13N5OS. The van der Waals surface area contributed by atoms with Crippen molar-refractivity contribution >= 4 is 28.6 Å². The standard InChI is InChI=1S/C13H13N5OS/c1-7-15-11(14)6-12(16-7)20-13-17-9-4-3-8(19-2)5-10(9)18-13/h3-6H,1-2H3,(H,17,18)(H2,14,15,16). The van der Waals surface area contributed by atoms with Gasteiger partial charge in [-0.3, -0.25) is 0 Å². The fourth-order valence-electron chi connectivity index (χ4n) is 1.85. The molecule has 0 saturated heterocycles. The topological polar surface area (TPSA) is 89.7 Å². The average Bonchev–Trinajstić information content (AvgIpc) is 2.78. The zero-order valence-electron chi connectivity index (χ0n) is 11.0. The van der Waals surface area contributed by atoms with Crippen molar-refractivity contribution in [2.24, 2.45) is 0 Å². The molecule has 3 aromatic rings. The second kappa shape index (κ2) is 5.01. The summed E-state index contributed by atoms with van der Waals surface area (Å²) in [4.78, 5) is 16.1. The lowest BCUT2D eigenvalue weighted by molar-refractivity contribution is 0.415. The van der Waals surface area contributed by atoms with Gasteiger partial charge in [0.25, 0.3) is 0 Å². The van der Waals surface area contributed by atoms with Crippen LogP contribution in [0.25, 0.3) is 11.0 Å². The monoisotopic (exact) mass is 287 g/mol. The lowest BCUT2D eigenvalue weighted by Crippen LogP contribution is -1.96. The lowest BCUT2D eigenvalue weighted by atomic mass is 10.3. The maximum absolute atomic E-state index is 5.71. The maximum Gasteiger partial charge on any atom is 0.172 e. The number of aromatic amines is 1. The van der Waals surface area contributed by atoms with Crippen molar-refractivity contribution in [1.29, 1.82) is 0 Å². The van der Waals surface area contributed by atoms with E-state index < -0.39 is 0 Å². The third-order valence-electron chi connectivity index (χ3n) is 2.70. The molecule has 0 spiro atoms. The Labute approximate surface area is 119 Å². The first-order chi connectivity index (χ1) is 9.64. The third kappa shape index (κ3) is 2.53. The van der Waals surface area contributed by atoms with Crippen LogP contribution in [-0.2, 0) is 0 Å². The molecule has 0 fully saturated rings. The molecule has 0 aliphatic rings. The molecule has 0 bridgehead atoms. The molecule has 0 unspecified atom stereocenters. The fourth-order valence-corrected chi connectivity index (χ4v) is 2.71. The molecule has 0 radical (unpaired) electrons. The number of aromatic nitrogens is 4. The van der Waals surface area contributed by atoms with E-state index in [-0.39, 0.29) is 0 Å². The Bertz CT molecular complexity index is 750. The molecule has 1 aromatic carbocycles. The second-order valence-corrected chi connectivity index (χ2v) is 5.21. The zero-order valence-corrected chi connectivity index (χ0v) is 11.9. The number of H-pyrrole nitrogens is 1. The van der Waals surface area contributed by atoms with Gasteiger partial charge in [-0.1, -0.05) is 0 Å². The summed E-state index contributed by atoms with van der Waals surface area (Å²) in [5, 5.41) is 1.52. The van der Waals surface area contributed by atoms with Gasteiger partial charge < -0.3 is 15.5 Å². The SMILES string of the molecule is COc1ccc2nc(Sc3cc(N)nc(C)n3)[nH]c2c1. The molecule has 20 heavy (non-hydrogen) atoms. The fraction of sp³-hybridized carbons (Fsp3) is 0.154. The Morgan fingerprint density at radius 3 is 2.80 bits per heavy atom. The first-order valence-electron chi connectivity index (χ1n) is 5.97. The molecule has 2 aromatic heterocycles. The highest BCUT2D eigenvalue weighted by Gasteiger charge is 2.08. The van der Waals surface area contributed by atoms with Crippen LogP contribution >= 0.6 is 11.8 Å². The van der Waals surface area contributed by atoms with E-state index in [9.17, 15) is 0 Å². The average molecular weight is 287 g/mol. The minimum Gasteiger partial charge on any atom is -0.497 e. The van der Waals surface area contributed by atoms with E-state index in [0.29, 0.717) is 11.6 Å². The Kier molecular flexibility index (Phi) is 3.19. The van der Waals surface area contributed by atoms with Crippen LogP contribution < -0.4 is 10.5 Å². The van der Waals surface area contributed by atoms with E-state index in [0.717, 1.165) is 27.0 Å². The number of imidazole rings is 1. The summed E-state index contributed by atoms with van der Waals surface area (Å²) in [5.41, 5.74) is 7.52. The van der Waals surface area contributed by atoms with Gasteiger partial charge in [-0.15, -0.1) is 0 Å². The highest BCUT2D eigenvalue weighted by molar-refractivity contribution is 7.99. The molecule has 102 valence electrons. The Morgan fingerprint density at radius 1 is 1.20 bits per heavy atom. The predicted molar refractivity (Wildman–Crippen MR) is 78.0 cm³/mol. The molecule has 0 amide bonds. The molecule has 2 heterocycles. The minimum absolute atomic E-state index is 0.456.